The minimum atomic E-state index is -0.976. The van der Waals surface area contributed by atoms with E-state index in [0.717, 1.165) is 18.4 Å². The summed E-state index contributed by atoms with van der Waals surface area (Å²) in [6.07, 6.45) is 2.86. The Kier molecular flexibility index (Phi) is 3.33. The van der Waals surface area contributed by atoms with Gasteiger partial charge in [-0.25, -0.2) is 4.39 Å². The van der Waals surface area contributed by atoms with Crippen molar-refractivity contribution in [2.75, 3.05) is 5.32 Å². The van der Waals surface area contributed by atoms with Crippen LogP contribution in [0.3, 0.4) is 0 Å². The SMILES string of the molecule is Cc1ccc(F)c(NC(=O)C2(C#N)CCCC2)c1. The fourth-order valence-corrected chi connectivity index (χ4v) is 2.35. The van der Waals surface area contributed by atoms with Gasteiger partial charge in [0.05, 0.1) is 11.8 Å². The average molecular weight is 246 g/mol. The molecule has 1 aromatic carbocycles. The molecule has 18 heavy (non-hydrogen) atoms. The highest BCUT2D eigenvalue weighted by molar-refractivity contribution is 5.97. The van der Waals surface area contributed by atoms with Crippen LogP contribution in [0.1, 0.15) is 31.2 Å². The van der Waals surface area contributed by atoms with Crippen LogP contribution < -0.4 is 5.32 Å². The number of hydrogen-bond donors (Lipinski definition) is 1. The molecule has 2 rings (SSSR count). The quantitative estimate of drug-likeness (QED) is 0.871. The van der Waals surface area contributed by atoms with Gasteiger partial charge in [-0.2, -0.15) is 5.26 Å². The Balaban J connectivity index is 2.21. The van der Waals surface area contributed by atoms with Crippen molar-refractivity contribution >= 4 is 11.6 Å². The van der Waals surface area contributed by atoms with Gasteiger partial charge in [-0.05, 0) is 37.5 Å². The first kappa shape index (κ1) is 12.6. The molecule has 0 atom stereocenters. The Morgan fingerprint density at radius 2 is 2.11 bits per heavy atom. The standard InChI is InChI=1S/C14H15FN2O/c1-10-4-5-11(15)12(8-10)17-13(18)14(9-16)6-2-3-7-14/h4-5,8H,2-3,6-7H2,1H3,(H,17,18). The zero-order chi connectivity index (χ0) is 13.2. The van der Waals surface area contributed by atoms with Gasteiger partial charge < -0.3 is 5.32 Å². The van der Waals surface area contributed by atoms with Gasteiger partial charge in [0.25, 0.3) is 0 Å². The molecule has 0 bridgehead atoms. The van der Waals surface area contributed by atoms with Crippen LogP contribution in [0.4, 0.5) is 10.1 Å². The maximum absolute atomic E-state index is 13.5. The van der Waals surface area contributed by atoms with Crippen molar-refractivity contribution in [2.24, 2.45) is 5.41 Å². The summed E-state index contributed by atoms with van der Waals surface area (Å²) in [6, 6.07) is 6.63. The Morgan fingerprint density at radius 3 is 2.72 bits per heavy atom. The van der Waals surface area contributed by atoms with E-state index in [1.165, 1.54) is 6.07 Å². The number of nitrogens with zero attached hydrogens (tertiary/aromatic N) is 1. The lowest BCUT2D eigenvalue weighted by Crippen LogP contribution is -2.32. The number of rotatable bonds is 2. The van der Waals surface area contributed by atoms with E-state index in [9.17, 15) is 14.4 Å². The van der Waals surface area contributed by atoms with Gasteiger partial charge in [0.15, 0.2) is 0 Å². The van der Waals surface area contributed by atoms with Crippen LogP contribution >= 0.6 is 0 Å². The van der Waals surface area contributed by atoms with Crippen molar-refractivity contribution in [1.82, 2.24) is 0 Å². The largest absolute Gasteiger partial charge is 0.322 e. The highest BCUT2D eigenvalue weighted by Crippen LogP contribution is 2.38. The van der Waals surface area contributed by atoms with Gasteiger partial charge >= 0.3 is 0 Å². The number of benzene rings is 1. The summed E-state index contributed by atoms with van der Waals surface area (Å²) >= 11 is 0. The van der Waals surface area contributed by atoms with Crippen LogP contribution in [0, 0.1) is 29.5 Å². The maximum Gasteiger partial charge on any atom is 0.244 e. The smallest absolute Gasteiger partial charge is 0.244 e. The molecule has 1 N–H and O–H groups in total. The fraction of sp³-hybridized carbons (Fsp3) is 0.429. The zero-order valence-electron chi connectivity index (χ0n) is 10.3. The van der Waals surface area contributed by atoms with Gasteiger partial charge in [-0.1, -0.05) is 18.9 Å². The Bertz CT molecular complexity index is 513. The highest BCUT2D eigenvalue weighted by Gasteiger charge is 2.41. The molecule has 1 amide bonds. The second kappa shape index (κ2) is 4.77. The summed E-state index contributed by atoms with van der Waals surface area (Å²) < 4.78 is 13.5. The lowest BCUT2D eigenvalue weighted by atomic mass is 9.87. The first-order chi connectivity index (χ1) is 8.57. The number of nitriles is 1. The first-order valence-corrected chi connectivity index (χ1v) is 6.06. The number of halogens is 1. The first-order valence-electron chi connectivity index (χ1n) is 6.06. The number of carbonyl (C=O) groups is 1. The predicted octanol–water partition coefficient (Wildman–Crippen LogP) is 3.16. The lowest BCUT2D eigenvalue weighted by Gasteiger charge is -2.19. The third-order valence-electron chi connectivity index (χ3n) is 3.48. The lowest BCUT2D eigenvalue weighted by molar-refractivity contribution is -0.122. The summed E-state index contributed by atoms with van der Waals surface area (Å²) in [5.41, 5.74) is 0.0431. The summed E-state index contributed by atoms with van der Waals surface area (Å²) in [5.74, 6) is -0.855. The van der Waals surface area contributed by atoms with Gasteiger partial charge in [0.1, 0.15) is 11.2 Å². The topological polar surface area (TPSA) is 52.9 Å². The third kappa shape index (κ3) is 2.21. The van der Waals surface area contributed by atoms with Crippen LogP contribution in [-0.2, 0) is 4.79 Å². The predicted molar refractivity (Wildman–Crippen MR) is 66.3 cm³/mol. The van der Waals surface area contributed by atoms with Crippen LogP contribution in [0.2, 0.25) is 0 Å². The molecule has 94 valence electrons. The van der Waals surface area contributed by atoms with Crippen molar-refractivity contribution in [2.45, 2.75) is 32.6 Å². The summed E-state index contributed by atoms with van der Waals surface area (Å²) in [6.45, 7) is 1.82. The molecule has 1 saturated carbocycles. The Hall–Kier alpha value is -1.89. The molecule has 1 aliphatic rings. The monoisotopic (exact) mass is 246 g/mol. The molecule has 0 radical (unpaired) electrons. The summed E-state index contributed by atoms with van der Waals surface area (Å²) in [4.78, 5) is 12.1. The third-order valence-corrected chi connectivity index (χ3v) is 3.48. The van der Waals surface area contributed by atoms with Gasteiger partial charge in [-0.15, -0.1) is 0 Å². The fourth-order valence-electron chi connectivity index (χ4n) is 2.35. The molecule has 0 spiro atoms. The molecule has 1 aromatic rings. The second-order valence-corrected chi connectivity index (χ2v) is 4.84. The summed E-state index contributed by atoms with van der Waals surface area (Å²) in [5, 5.41) is 11.7. The van der Waals surface area contributed by atoms with Gasteiger partial charge in [-0.3, -0.25) is 4.79 Å². The minimum Gasteiger partial charge on any atom is -0.322 e. The van der Waals surface area contributed by atoms with Crippen LogP contribution in [-0.4, -0.2) is 5.91 Å². The number of anilines is 1. The van der Waals surface area contributed by atoms with Crippen LogP contribution in [0.25, 0.3) is 0 Å². The second-order valence-electron chi connectivity index (χ2n) is 4.84. The van der Waals surface area contributed by atoms with E-state index in [1.807, 2.05) is 6.92 Å². The number of hydrogen-bond acceptors (Lipinski definition) is 2. The molecular weight excluding hydrogens is 231 g/mol. The molecule has 0 aliphatic heterocycles. The van der Waals surface area contributed by atoms with E-state index < -0.39 is 11.2 Å². The molecule has 1 fully saturated rings. The van der Waals surface area contributed by atoms with Crippen molar-refractivity contribution < 1.29 is 9.18 Å². The molecule has 0 heterocycles. The maximum atomic E-state index is 13.5. The normalized spacial score (nSPS) is 17.2. The van der Waals surface area contributed by atoms with E-state index in [-0.39, 0.29) is 11.6 Å². The van der Waals surface area contributed by atoms with E-state index in [2.05, 4.69) is 11.4 Å². The highest BCUT2D eigenvalue weighted by atomic mass is 19.1. The molecule has 4 heteroatoms. The van der Waals surface area contributed by atoms with Crippen molar-refractivity contribution in [1.29, 1.82) is 5.26 Å². The van der Waals surface area contributed by atoms with E-state index in [0.29, 0.717) is 12.8 Å². The minimum absolute atomic E-state index is 0.154. The molecule has 3 nitrogen and oxygen atoms in total. The van der Waals surface area contributed by atoms with Crippen molar-refractivity contribution in [3.63, 3.8) is 0 Å². The van der Waals surface area contributed by atoms with Gasteiger partial charge in [0, 0.05) is 0 Å². The number of nitrogens with one attached hydrogen (secondary N) is 1. The van der Waals surface area contributed by atoms with E-state index in [1.54, 1.807) is 12.1 Å². The zero-order valence-corrected chi connectivity index (χ0v) is 10.3. The van der Waals surface area contributed by atoms with Crippen LogP contribution in [0.5, 0.6) is 0 Å². The number of carbonyl (C=O) groups excluding carboxylic acids is 1. The molecule has 0 unspecified atom stereocenters. The van der Waals surface area contributed by atoms with E-state index in [4.69, 9.17) is 0 Å². The van der Waals surface area contributed by atoms with Crippen molar-refractivity contribution in [3.05, 3.63) is 29.6 Å². The molecule has 0 aromatic heterocycles. The molecular formula is C14H15FN2O. The Labute approximate surface area is 106 Å². The number of amides is 1. The average Bonchev–Trinajstić information content (AvgIpc) is 2.84. The number of aryl methyl sites for hydroxylation is 1. The summed E-state index contributed by atoms with van der Waals surface area (Å²) in [7, 11) is 0. The van der Waals surface area contributed by atoms with Gasteiger partial charge in [0.2, 0.25) is 5.91 Å². The van der Waals surface area contributed by atoms with Crippen molar-refractivity contribution in [3.8, 4) is 6.07 Å². The molecule has 0 saturated heterocycles. The van der Waals surface area contributed by atoms with Crippen LogP contribution in [0.15, 0.2) is 18.2 Å². The Morgan fingerprint density at radius 1 is 1.44 bits per heavy atom. The van der Waals surface area contributed by atoms with E-state index >= 15 is 0 Å². The molecule has 1 aliphatic carbocycles.